The number of hydrogen-bond donors (Lipinski definition) is 0. The van der Waals surface area contributed by atoms with Gasteiger partial charge in [-0.15, -0.1) is 0 Å². The topological polar surface area (TPSA) is 25.5 Å². The van der Waals surface area contributed by atoms with E-state index in [1.54, 1.807) is 0 Å². The molecular formula is C29H25NO. The number of hydrogen-bond acceptors (Lipinski definition) is 2. The van der Waals surface area contributed by atoms with Gasteiger partial charge in [0, 0.05) is 27.3 Å². The van der Waals surface area contributed by atoms with Crippen LogP contribution in [0.15, 0.2) is 76.1 Å². The third kappa shape index (κ3) is 2.82. The molecule has 0 amide bonds. The summed E-state index contributed by atoms with van der Waals surface area (Å²) in [6.45, 7) is 9.03. The summed E-state index contributed by atoms with van der Waals surface area (Å²) in [5.74, 6) is 0. The lowest BCUT2D eigenvalue weighted by molar-refractivity contribution is 0.412. The highest BCUT2D eigenvalue weighted by Crippen LogP contribution is 2.42. The number of nitrogens with zero attached hydrogens (tertiary/aromatic N) is 1. The molecule has 152 valence electrons. The Hall–Kier alpha value is -3.39. The lowest BCUT2D eigenvalue weighted by Crippen LogP contribution is -2.10. The first kappa shape index (κ1) is 18.4. The standard InChI is InChI=1S/C29H25NO/c1-17-14-22-20-8-5-6-11-25(20)31-28(22)23(15-17)27-21-13-12-18(16-29(2,3)4)19-9-7-10-24(30-27)26(19)21/h5-15H,16H2,1-4H3. The molecule has 0 atom stereocenters. The second kappa shape index (κ2) is 6.31. The summed E-state index contributed by atoms with van der Waals surface area (Å²) in [5, 5.41) is 4.90. The number of aliphatic imine (C=N–C) groups is 1. The van der Waals surface area contributed by atoms with Crippen LogP contribution in [0.5, 0.6) is 0 Å². The van der Waals surface area contributed by atoms with Gasteiger partial charge in [-0.1, -0.05) is 63.2 Å². The molecule has 0 saturated heterocycles. The second-order valence-corrected chi connectivity index (χ2v) is 9.96. The fraction of sp³-hybridized carbons (Fsp3) is 0.207. The Morgan fingerprint density at radius 3 is 2.45 bits per heavy atom. The van der Waals surface area contributed by atoms with Crippen molar-refractivity contribution in [3.8, 4) is 0 Å². The van der Waals surface area contributed by atoms with Gasteiger partial charge < -0.3 is 4.42 Å². The Morgan fingerprint density at radius 2 is 1.61 bits per heavy atom. The van der Waals surface area contributed by atoms with E-state index >= 15 is 0 Å². The summed E-state index contributed by atoms with van der Waals surface area (Å²) >= 11 is 0. The van der Waals surface area contributed by atoms with E-state index in [9.17, 15) is 0 Å². The molecule has 5 aromatic rings. The first-order valence-corrected chi connectivity index (χ1v) is 10.9. The summed E-state index contributed by atoms with van der Waals surface area (Å²) in [6, 6.07) is 23.8. The highest BCUT2D eigenvalue weighted by atomic mass is 16.3. The molecule has 0 saturated carbocycles. The van der Waals surface area contributed by atoms with Gasteiger partial charge in [0.05, 0.1) is 11.4 Å². The zero-order valence-corrected chi connectivity index (χ0v) is 18.4. The van der Waals surface area contributed by atoms with Crippen molar-refractivity contribution in [2.75, 3.05) is 0 Å². The average molecular weight is 404 g/mol. The molecule has 6 rings (SSSR count). The van der Waals surface area contributed by atoms with Crippen molar-refractivity contribution < 1.29 is 4.42 Å². The van der Waals surface area contributed by atoms with E-state index in [0.717, 1.165) is 45.3 Å². The Kier molecular flexibility index (Phi) is 3.74. The fourth-order valence-corrected chi connectivity index (χ4v) is 5.00. The normalized spacial score (nSPS) is 13.5. The molecular weight excluding hydrogens is 378 g/mol. The van der Waals surface area contributed by atoms with E-state index in [1.165, 1.54) is 27.5 Å². The summed E-state index contributed by atoms with van der Waals surface area (Å²) < 4.78 is 6.35. The van der Waals surface area contributed by atoms with Crippen molar-refractivity contribution >= 4 is 44.1 Å². The summed E-state index contributed by atoms with van der Waals surface area (Å²) in [7, 11) is 0. The number of rotatable bonds is 2. The second-order valence-electron chi connectivity index (χ2n) is 9.96. The molecule has 1 aliphatic heterocycles. The van der Waals surface area contributed by atoms with Gasteiger partial charge in [0.2, 0.25) is 0 Å². The van der Waals surface area contributed by atoms with Crippen LogP contribution in [0.25, 0.3) is 32.7 Å². The van der Waals surface area contributed by atoms with Crippen LogP contribution in [0, 0.1) is 12.3 Å². The van der Waals surface area contributed by atoms with Crippen LogP contribution < -0.4 is 0 Å². The summed E-state index contributed by atoms with van der Waals surface area (Å²) in [6.07, 6.45) is 1.04. The Morgan fingerprint density at radius 1 is 0.806 bits per heavy atom. The van der Waals surface area contributed by atoms with Crippen LogP contribution in [0.2, 0.25) is 0 Å². The van der Waals surface area contributed by atoms with Gasteiger partial charge >= 0.3 is 0 Å². The molecule has 0 aliphatic carbocycles. The van der Waals surface area contributed by atoms with E-state index in [1.807, 2.05) is 12.1 Å². The SMILES string of the molecule is Cc1cc(C2=Nc3cccc4c(CC(C)(C)C)ccc2c34)c2oc3ccccc3c2c1. The maximum Gasteiger partial charge on any atom is 0.144 e. The smallest absolute Gasteiger partial charge is 0.144 e. The van der Waals surface area contributed by atoms with Gasteiger partial charge in [-0.2, -0.15) is 0 Å². The van der Waals surface area contributed by atoms with Crippen LogP contribution in [0.3, 0.4) is 0 Å². The predicted molar refractivity (Wildman–Crippen MR) is 131 cm³/mol. The van der Waals surface area contributed by atoms with E-state index in [2.05, 4.69) is 82.3 Å². The van der Waals surface area contributed by atoms with Gasteiger partial charge in [0.1, 0.15) is 11.2 Å². The van der Waals surface area contributed by atoms with Gasteiger partial charge in [-0.05, 0) is 59.5 Å². The zero-order chi connectivity index (χ0) is 21.3. The van der Waals surface area contributed by atoms with Crippen LogP contribution in [0.4, 0.5) is 5.69 Å². The molecule has 1 aliphatic rings. The molecule has 0 radical (unpaired) electrons. The monoisotopic (exact) mass is 403 g/mol. The van der Waals surface area contributed by atoms with Gasteiger partial charge in [-0.25, -0.2) is 4.99 Å². The molecule has 0 fully saturated rings. The number of aryl methyl sites for hydroxylation is 1. The molecule has 2 nitrogen and oxygen atoms in total. The maximum atomic E-state index is 6.35. The molecule has 2 heterocycles. The average Bonchev–Trinajstić information content (AvgIpc) is 3.28. The minimum atomic E-state index is 0.235. The molecule has 0 spiro atoms. The molecule has 1 aromatic heterocycles. The van der Waals surface area contributed by atoms with E-state index < -0.39 is 0 Å². The highest BCUT2D eigenvalue weighted by Gasteiger charge is 2.25. The quantitative estimate of drug-likeness (QED) is 0.286. The van der Waals surface area contributed by atoms with Gasteiger partial charge in [0.15, 0.2) is 0 Å². The lowest BCUT2D eigenvalue weighted by atomic mass is 9.85. The van der Waals surface area contributed by atoms with Crippen molar-refractivity contribution in [1.29, 1.82) is 0 Å². The number of fused-ring (bicyclic) bond motifs is 3. The van der Waals surface area contributed by atoms with Crippen LogP contribution in [-0.4, -0.2) is 5.71 Å². The van der Waals surface area contributed by atoms with E-state index in [4.69, 9.17) is 9.41 Å². The predicted octanol–water partition coefficient (Wildman–Crippen LogP) is 8.12. The Balaban J connectivity index is 1.61. The zero-order valence-electron chi connectivity index (χ0n) is 18.4. The minimum absolute atomic E-state index is 0.235. The molecule has 0 N–H and O–H groups in total. The molecule has 31 heavy (non-hydrogen) atoms. The van der Waals surface area contributed by atoms with Crippen molar-refractivity contribution in [3.05, 3.63) is 89.0 Å². The maximum absolute atomic E-state index is 6.35. The third-order valence-corrected chi connectivity index (χ3v) is 6.19. The largest absolute Gasteiger partial charge is 0.455 e. The number of para-hydroxylation sites is 1. The molecule has 0 bridgehead atoms. The van der Waals surface area contributed by atoms with Crippen molar-refractivity contribution in [3.63, 3.8) is 0 Å². The van der Waals surface area contributed by atoms with Gasteiger partial charge in [0.25, 0.3) is 0 Å². The molecule has 2 heteroatoms. The van der Waals surface area contributed by atoms with Crippen molar-refractivity contribution in [2.24, 2.45) is 10.4 Å². The third-order valence-electron chi connectivity index (χ3n) is 6.19. The highest BCUT2D eigenvalue weighted by molar-refractivity contribution is 6.30. The number of furan rings is 1. The van der Waals surface area contributed by atoms with E-state index in [0.29, 0.717) is 0 Å². The fourth-order valence-electron chi connectivity index (χ4n) is 5.00. The summed E-state index contributed by atoms with van der Waals surface area (Å²) in [4.78, 5) is 5.12. The Labute approximate surface area is 182 Å². The minimum Gasteiger partial charge on any atom is -0.455 e. The first-order chi connectivity index (χ1) is 14.9. The lowest BCUT2D eigenvalue weighted by Gasteiger charge is -2.20. The van der Waals surface area contributed by atoms with Crippen LogP contribution in [-0.2, 0) is 6.42 Å². The molecule has 0 unspecified atom stereocenters. The molecule has 4 aromatic carbocycles. The first-order valence-electron chi connectivity index (χ1n) is 10.9. The summed E-state index contributed by atoms with van der Waals surface area (Å²) in [5.41, 5.74) is 9.04. The van der Waals surface area contributed by atoms with Crippen LogP contribution in [0.1, 0.15) is 43.0 Å². The number of benzene rings is 4. The van der Waals surface area contributed by atoms with Crippen molar-refractivity contribution in [2.45, 2.75) is 34.1 Å². The Bertz CT molecular complexity index is 1540. The van der Waals surface area contributed by atoms with Crippen LogP contribution >= 0.6 is 0 Å². The van der Waals surface area contributed by atoms with Crippen molar-refractivity contribution in [1.82, 2.24) is 0 Å². The van der Waals surface area contributed by atoms with Gasteiger partial charge in [-0.3, -0.25) is 0 Å². The van der Waals surface area contributed by atoms with E-state index in [-0.39, 0.29) is 5.41 Å².